The number of rotatable bonds is 11. The first-order valence-corrected chi connectivity index (χ1v) is 14.2. The molecule has 2 aromatic rings. The van der Waals surface area contributed by atoms with Crippen molar-refractivity contribution >= 4 is 29.0 Å². The first-order valence-electron chi connectivity index (χ1n) is 14.2. The average molecular weight is 558 g/mol. The van der Waals surface area contributed by atoms with E-state index >= 15 is 0 Å². The van der Waals surface area contributed by atoms with Crippen molar-refractivity contribution in [2.24, 2.45) is 5.92 Å². The van der Waals surface area contributed by atoms with Crippen LogP contribution in [0.1, 0.15) is 78.8 Å². The molecule has 1 aliphatic heterocycles. The largest absolute Gasteiger partial charge is 0.453 e. The van der Waals surface area contributed by atoms with Crippen LogP contribution in [0.5, 0.6) is 0 Å². The molecule has 2 aromatic heterocycles. The highest BCUT2D eigenvalue weighted by Crippen LogP contribution is 2.25. The molecule has 0 saturated carbocycles. The molecule has 0 spiro atoms. The van der Waals surface area contributed by atoms with Gasteiger partial charge >= 0.3 is 6.09 Å². The number of hydrogen-bond donors (Lipinski definition) is 3. The van der Waals surface area contributed by atoms with Gasteiger partial charge in [-0.1, -0.05) is 19.8 Å². The molecule has 1 aliphatic rings. The average Bonchev–Trinajstić information content (AvgIpc) is 3.38. The zero-order valence-electron chi connectivity index (χ0n) is 24.4. The summed E-state index contributed by atoms with van der Waals surface area (Å²) in [7, 11) is 1.40. The Kier molecular flexibility index (Phi) is 11.5. The van der Waals surface area contributed by atoms with Gasteiger partial charge in [0, 0.05) is 32.1 Å². The second-order valence-electron chi connectivity index (χ2n) is 10.1. The minimum Gasteiger partial charge on any atom is -0.453 e. The third-order valence-corrected chi connectivity index (χ3v) is 7.17. The molecule has 12 heteroatoms. The zero-order valence-corrected chi connectivity index (χ0v) is 24.4. The number of aliphatic hydroxyl groups is 1. The number of ether oxygens (including phenoxy) is 2. The van der Waals surface area contributed by atoms with Crippen LogP contribution in [0.4, 0.5) is 10.6 Å². The van der Waals surface area contributed by atoms with Crippen molar-refractivity contribution in [1.82, 2.24) is 29.7 Å². The van der Waals surface area contributed by atoms with Gasteiger partial charge in [0.2, 0.25) is 5.82 Å². The molecule has 0 radical (unpaired) electrons. The van der Waals surface area contributed by atoms with E-state index in [4.69, 9.17) is 19.4 Å². The highest BCUT2D eigenvalue weighted by molar-refractivity contribution is 5.84. The number of anilines is 1. The van der Waals surface area contributed by atoms with E-state index in [1.54, 1.807) is 22.7 Å². The molecule has 1 unspecified atom stereocenters. The number of likely N-dealkylation sites (N-methyl/N-ethyl adjacent to an activating group) is 1. The van der Waals surface area contributed by atoms with Crippen LogP contribution < -0.4 is 10.6 Å². The monoisotopic (exact) mass is 557 g/mol. The molecule has 1 fully saturated rings. The number of nitrogens with zero attached hydrogens (tertiary/aromatic N) is 5. The number of amides is 2. The van der Waals surface area contributed by atoms with Crippen LogP contribution in [-0.2, 0) is 14.3 Å². The topological polar surface area (TPSA) is 144 Å². The van der Waals surface area contributed by atoms with Gasteiger partial charge in [-0.3, -0.25) is 9.36 Å². The molecule has 3 rings (SSSR count). The fourth-order valence-corrected chi connectivity index (χ4v) is 4.70. The number of carbonyl (C=O) groups is 2. The van der Waals surface area contributed by atoms with E-state index in [9.17, 15) is 14.7 Å². The molecule has 0 aliphatic carbocycles. The normalized spacial score (nSPS) is 16.2. The third-order valence-electron chi connectivity index (χ3n) is 7.17. The van der Waals surface area contributed by atoms with Crippen LogP contribution in [0, 0.1) is 17.8 Å². The van der Waals surface area contributed by atoms with Crippen LogP contribution in [0.2, 0.25) is 0 Å². The van der Waals surface area contributed by atoms with E-state index < -0.39 is 18.4 Å². The third kappa shape index (κ3) is 7.82. The number of aromatic nitrogens is 4. The molecule has 40 heavy (non-hydrogen) atoms. The van der Waals surface area contributed by atoms with Crippen molar-refractivity contribution in [2.75, 3.05) is 32.1 Å². The maximum absolute atomic E-state index is 12.5. The van der Waals surface area contributed by atoms with Crippen LogP contribution in [0.15, 0.2) is 6.33 Å². The summed E-state index contributed by atoms with van der Waals surface area (Å²) in [4.78, 5) is 39.9. The number of piperidine rings is 1. The molecule has 3 N–H and O–H groups in total. The summed E-state index contributed by atoms with van der Waals surface area (Å²) < 4.78 is 12.5. The Balaban J connectivity index is 1.86. The molecule has 12 nitrogen and oxygen atoms in total. The van der Waals surface area contributed by atoms with E-state index in [0.717, 1.165) is 25.7 Å². The Morgan fingerprint density at radius 3 is 2.48 bits per heavy atom. The van der Waals surface area contributed by atoms with E-state index in [-0.39, 0.29) is 18.0 Å². The molecule has 0 aromatic carbocycles. The van der Waals surface area contributed by atoms with Gasteiger partial charge in [-0.05, 0) is 58.3 Å². The molecule has 3 atom stereocenters. The van der Waals surface area contributed by atoms with Crippen molar-refractivity contribution in [3.63, 3.8) is 0 Å². The lowest BCUT2D eigenvalue weighted by Gasteiger charge is -2.29. The Hall–Kier alpha value is -3.43. The van der Waals surface area contributed by atoms with Gasteiger partial charge in [0.1, 0.15) is 6.23 Å². The summed E-state index contributed by atoms with van der Waals surface area (Å²) in [5.74, 6) is 7.31. The number of fused-ring (bicyclic) bond motifs is 1. The van der Waals surface area contributed by atoms with Crippen LogP contribution in [0.3, 0.4) is 0 Å². The molecule has 1 saturated heterocycles. The van der Waals surface area contributed by atoms with Gasteiger partial charge < -0.3 is 30.1 Å². The lowest BCUT2D eigenvalue weighted by atomic mass is 9.94. The number of methoxy groups -OCH3 is 1. The molecule has 3 heterocycles. The predicted octanol–water partition coefficient (Wildman–Crippen LogP) is 3.07. The predicted molar refractivity (Wildman–Crippen MR) is 151 cm³/mol. The standard InChI is InChI=1S/C28H43N7O5/c1-7-21(8-2)31-25-23-26(35(17-30-23)19(5)40-24(18(4)36)27(37)29-9-3)33-22(32-25)12-10-11-20-13-15-34(16-14-20)28(38)39-6/h17-21,24,36H,7-9,11,13-16H2,1-6H3,(H,29,37)(H,31,32,33)/t18?,19-,24+/m1/s1. The quantitative estimate of drug-likeness (QED) is 0.355. The zero-order chi connectivity index (χ0) is 29.2. The van der Waals surface area contributed by atoms with Gasteiger partial charge in [0.15, 0.2) is 23.1 Å². The smallest absolute Gasteiger partial charge is 0.409 e. The molecule has 0 bridgehead atoms. The Bertz CT molecular complexity index is 1190. The van der Waals surface area contributed by atoms with Crippen LogP contribution in [-0.4, -0.2) is 86.5 Å². The number of nitrogens with one attached hydrogen (secondary N) is 2. The fourth-order valence-electron chi connectivity index (χ4n) is 4.70. The summed E-state index contributed by atoms with van der Waals surface area (Å²) in [5.41, 5.74) is 1.10. The fraction of sp³-hybridized carbons (Fsp3) is 0.679. The number of likely N-dealkylation sites (tertiary alicyclic amines) is 1. The maximum atomic E-state index is 12.5. The highest BCUT2D eigenvalue weighted by Gasteiger charge is 2.28. The van der Waals surface area contributed by atoms with Gasteiger partial charge in [-0.2, -0.15) is 0 Å². The molecular weight excluding hydrogens is 514 g/mol. The Morgan fingerprint density at radius 1 is 1.18 bits per heavy atom. The van der Waals surface area contributed by atoms with E-state index in [0.29, 0.717) is 54.8 Å². The summed E-state index contributed by atoms with van der Waals surface area (Å²) in [6, 6.07) is 0.204. The first-order chi connectivity index (χ1) is 19.2. The van der Waals surface area contributed by atoms with Crippen LogP contribution >= 0.6 is 0 Å². The Labute approximate surface area is 236 Å². The second kappa shape index (κ2) is 14.8. The molecule has 220 valence electrons. The van der Waals surface area contributed by atoms with Crippen molar-refractivity contribution in [1.29, 1.82) is 0 Å². The van der Waals surface area contributed by atoms with Crippen molar-refractivity contribution in [2.45, 2.75) is 91.2 Å². The van der Waals surface area contributed by atoms with Gasteiger partial charge in [-0.15, -0.1) is 0 Å². The van der Waals surface area contributed by atoms with Crippen molar-refractivity contribution in [3.8, 4) is 11.8 Å². The number of imidazole rings is 1. The van der Waals surface area contributed by atoms with Gasteiger partial charge in [0.25, 0.3) is 5.91 Å². The first kappa shape index (κ1) is 31.1. The number of carbonyl (C=O) groups excluding carboxylic acids is 2. The summed E-state index contributed by atoms with van der Waals surface area (Å²) >= 11 is 0. The van der Waals surface area contributed by atoms with Gasteiger partial charge in [-0.25, -0.2) is 19.7 Å². The minimum atomic E-state index is -1.05. The SMILES string of the molecule is CCNC(=O)[C@@H](O[C@H](C)n1cnc2c(NC(CC)CC)nc(C#CCC3CCN(C(=O)OC)CC3)nc21)C(C)O. The lowest BCUT2D eigenvalue weighted by molar-refractivity contribution is -0.150. The molecular formula is C28H43N7O5. The summed E-state index contributed by atoms with van der Waals surface area (Å²) in [6.07, 6.45) is 2.83. The van der Waals surface area contributed by atoms with E-state index in [2.05, 4.69) is 41.3 Å². The van der Waals surface area contributed by atoms with Crippen LogP contribution in [0.25, 0.3) is 11.2 Å². The highest BCUT2D eigenvalue weighted by atomic mass is 16.5. The van der Waals surface area contributed by atoms with E-state index in [1.165, 1.54) is 14.0 Å². The Morgan fingerprint density at radius 2 is 1.88 bits per heavy atom. The lowest BCUT2D eigenvalue weighted by Crippen LogP contribution is -2.43. The van der Waals surface area contributed by atoms with Gasteiger partial charge in [0.05, 0.1) is 19.5 Å². The van der Waals surface area contributed by atoms with Crippen molar-refractivity contribution < 1.29 is 24.2 Å². The summed E-state index contributed by atoms with van der Waals surface area (Å²) in [5, 5.41) is 16.4. The number of hydrogen-bond acceptors (Lipinski definition) is 9. The number of aliphatic hydroxyl groups excluding tert-OH is 1. The second-order valence-corrected chi connectivity index (χ2v) is 10.1. The van der Waals surface area contributed by atoms with E-state index in [1.807, 2.05) is 6.92 Å². The molecule has 2 amide bonds. The minimum absolute atomic E-state index is 0.204. The van der Waals surface area contributed by atoms with Crippen molar-refractivity contribution in [3.05, 3.63) is 12.2 Å². The maximum Gasteiger partial charge on any atom is 0.409 e. The summed E-state index contributed by atoms with van der Waals surface area (Å²) in [6.45, 7) is 11.1.